The molecule has 0 heterocycles. The van der Waals surface area contributed by atoms with Crippen LogP contribution in [0.5, 0.6) is 0 Å². The van der Waals surface area contributed by atoms with Gasteiger partial charge in [-0.3, -0.25) is 0 Å². The molecule has 0 radical (unpaired) electrons. The normalized spacial score (nSPS) is 16.6. The zero-order valence-corrected chi connectivity index (χ0v) is 19.4. The molecule has 32 heavy (non-hydrogen) atoms. The SMILES string of the molecule is CCC(C)C(Cc1ccccc1)c1ccccc1C(c1cccc2ccccc12)C1CC1. The quantitative estimate of drug-likeness (QED) is 0.268. The van der Waals surface area contributed by atoms with Gasteiger partial charge in [0.1, 0.15) is 0 Å². The molecule has 162 valence electrons. The Morgan fingerprint density at radius 2 is 1.31 bits per heavy atom. The first-order valence-corrected chi connectivity index (χ1v) is 12.4. The Morgan fingerprint density at radius 3 is 2.06 bits per heavy atom. The molecule has 1 saturated carbocycles. The van der Waals surface area contributed by atoms with Crippen molar-refractivity contribution < 1.29 is 0 Å². The Kier molecular flexibility index (Phi) is 6.12. The van der Waals surface area contributed by atoms with E-state index < -0.39 is 0 Å². The standard InChI is InChI=1S/C32H34/c1-3-23(2)31(22-24-12-5-4-6-13-24)28-17-9-10-18-30(28)32(26-20-21-26)29-19-11-15-25-14-7-8-16-27(25)29/h4-19,23,26,31-32H,3,20-22H2,1-2H3. The molecule has 0 bridgehead atoms. The van der Waals surface area contributed by atoms with Crippen LogP contribution in [-0.2, 0) is 6.42 Å². The zero-order chi connectivity index (χ0) is 21.9. The third-order valence-corrected chi connectivity index (χ3v) is 7.61. The zero-order valence-electron chi connectivity index (χ0n) is 19.4. The summed E-state index contributed by atoms with van der Waals surface area (Å²) in [5, 5.41) is 2.78. The van der Waals surface area contributed by atoms with Gasteiger partial charge in [0.05, 0.1) is 0 Å². The number of fused-ring (bicyclic) bond motifs is 1. The van der Waals surface area contributed by atoms with Gasteiger partial charge in [-0.15, -0.1) is 0 Å². The summed E-state index contributed by atoms with van der Waals surface area (Å²) >= 11 is 0. The van der Waals surface area contributed by atoms with Gasteiger partial charge < -0.3 is 0 Å². The Morgan fingerprint density at radius 1 is 0.688 bits per heavy atom. The molecular formula is C32H34. The van der Waals surface area contributed by atoms with Crippen LogP contribution < -0.4 is 0 Å². The smallest absolute Gasteiger partial charge is 0.0127 e. The van der Waals surface area contributed by atoms with Crippen LogP contribution in [0.4, 0.5) is 0 Å². The van der Waals surface area contributed by atoms with Crippen LogP contribution in [0.15, 0.2) is 97.1 Å². The molecule has 4 aromatic carbocycles. The molecule has 3 atom stereocenters. The van der Waals surface area contributed by atoms with Crippen molar-refractivity contribution >= 4 is 10.8 Å². The number of rotatable bonds is 8. The Balaban J connectivity index is 1.63. The van der Waals surface area contributed by atoms with E-state index in [0.717, 1.165) is 12.3 Å². The lowest BCUT2D eigenvalue weighted by Gasteiger charge is -2.30. The highest BCUT2D eigenvalue weighted by Crippen LogP contribution is 2.50. The van der Waals surface area contributed by atoms with Crippen LogP contribution in [-0.4, -0.2) is 0 Å². The fourth-order valence-electron chi connectivity index (χ4n) is 5.53. The first kappa shape index (κ1) is 21.0. The summed E-state index contributed by atoms with van der Waals surface area (Å²) in [6, 6.07) is 36.3. The predicted octanol–water partition coefficient (Wildman–Crippen LogP) is 8.75. The van der Waals surface area contributed by atoms with Crippen LogP contribution in [0.25, 0.3) is 10.8 Å². The maximum atomic E-state index is 2.44. The summed E-state index contributed by atoms with van der Waals surface area (Å²) in [7, 11) is 0. The molecule has 0 spiro atoms. The van der Waals surface area contributed by atoms with Crippen molar-refractivity contribution in [1.82, 2.24) is 0 Å². The molecule has 3 unspecified atom stereocenters. The number of hydrogen-bond acceptors (Lipinski definition) is 0. The second kappa shape index (κ2) is 9.33. The maximum absolute atomic E-state index is 2.44. The van der Waals surface area contributed by atoms with Crippen molar-refractivity contribution in [3.8, 4) is 0 Å². The summed E-state index contributed by atoms with van der Waals surface area (Å²) < 4.78 is 0. The summed E-state index contributed by atoms with van der Waals surface area (Å²) in [5.41, 5.74) is 6.09. The van der Waals surface area contributed by atoms with Crippen molar-refractivity contribution in [1.29, 1.82) is 0 Å². The van der Waals surface area contributed by atoms with Gasteiger partial charge in [0, 0.05) is 5.92 Å². The summed E-state index contributed by atoms with van der Waals surface area (Å²) in [4.78, 5) is 0. The molecule has 0 nitrogen and oxygen atoms in total. The number of benzene rings is 4. The van der Waals surface area contributed by atoms with Gasteiger partial charge in [-0.2, -0.15) is 0 Å². The molecule has 1 aliphatic rings. The van der Waals surface area contributed by atoms with E-state index in [1.807, 2.05) is 0 Å². The van der Waals surface area contributed by atoms with Crippen LogP contribution >= 0.6 is 0 Å². The topological polar surface area (TPSA) is 0 Å². The summed E-state index contributed by atoms with van der Waals surface area (Å²) in [5.74, 6) is 2.43. The third kappa shape index (κ3) is 4.24. The van der Waals surface area contributed by atoms with E-state index >= 15 is 0 Å². The highest BCUT2D eigenvalue weighted by atomic mass is 14.4. The first-order chi connectivity index (χ1) is 15.8. The molecule has 4 aromatic rings. The van der Waals surface area contributed by atoms with E-state index in [4.69, 9.17) is 0 Å². The monoisotopic (exact) mass is 418 g/mol. The minimum atomic E-state index is 0.486. The maximum Gasteiger partial charge on any atom is 0.0127 e. The van der Waals surface area contributed by atoms with Crippen molar-refractivity contribution in [3.05, 3.63) is 119 Å². The third-order valence-electron chi connectivity index (χ3n) is 7.61. The lowest BCUT2D eigenvalue weighted by molar-refractivity contribution is 0.438. The Bertz CT molecular complexity index is 1160. The van der Waals surface area contributed by atoms with E-state index in [2.05, 4.69) is 111 Å². The number of hydrogen-bond donors (Lipinski definition) is 0. The van der Waals surface area contributed by atoms with Crippen molar-refractivity contribution in [2.75, 3.05) is 0 Å². The van der Waals surface area contributed by atoms with Gasteiger partial charge in [0.2, 0.25) is 0 Å². The molecule has 0 N–H and O–H groups in total. The summed E-state index contributed by atoms with van der Waals surface area (Å²) in [6.07, 6.45) is 5.00. The fraction of sp³-hybridized carbons (Fsp3) is 0.312. The van der Waals surface area contributed by atoms with Gasteiger partial charge in [0.15, 0.2) is 0 Å². The molecule has 5 rings (SSSR count). The van der Waals surface area contributed by atoms with Gasteiger partial charge in [-0.1, -0.05) is 117 Å². The molecule has 1 aliphatic carbocycles. The molecule has 1 fully saturated rings. The van der Waals surface area contributed by atoms with Crippen LogP contribution in [0.3, 0.4) is 0 Å². The van der Waals surface area contributed by atoms with E-state index in [1.54, 1.807) is 11.1 Å². The van der Waals surface area contributed by atoms with Gasteiger partial charge >= 0.3 is 0 Å². The van der Waals surface area contributed by atoms with Crippen LogP contribution in [0.2, 0.25) is 0 Å². The second-order valence-electron chi connectivity index (χ2n) is 9.69. The lowest BCUT2D eigenvalue weighted by Crippen LogP contribution is -2.17. The molecular weight excluding hydrogens is 384 g/mol. The fourth-order valence-corrected chi connectivity index (χ4v) is 5.53. The molecule has 0 saturated heterocycles. The highest BCUT2D eigenvalue weighted by molar-refractivity contribution is 5.86. The minimum Gasteiger partial charge on any atom is -0.0651 e. The van der Waals surface area contributed by atoms with E-state index in [9.17, 15) is 0 Å². The van der Waals surface area contributed by atoms with Gasteiger partial charge in [0.25, 0.3) is 0 Å². The van der Waals surface area contributed by atoms with Gasteiger partial charge in [-0.05, 0) is 70.0 Å². The molecule has 0 amide bonds. The summed E-state index contributed by atoms with van der Waals surface area (Å²) in [6.45, 7) is 4.78. The molecule has 0 aliphatic heterocycles. The average molecular weight is 419 g/mol. The van der Waals surface area contributed by atoms with E-state index in [-0.39, 0.29) is 0 Å². The largest absolute Gasteiger partial charge is 0.0651 e. The second-order valence-corrected chi connectivity index (χ2v) is 9.69. The molecule has 0 aromatic heterocycles. The van der Waals surface area contributed by atoms with Crippen molar-refractivity contribution in [2.45, 2.75) is 51.4 Å². The van der Waals surface area contributed by atoms with E-state index in [1.165, 1.54) is 41.2 Å². The van der Waals surface area contributed by atoms with E-state index in [0.29, 0.717) is 17.8 Å². The lowest BCUT2D eigenvalue weighted by atomic mass is 9.74. The minimum absolute atomic E-state index is 0.486. The average Bonchev–Trinajstić information content (AvgIpc) is 3.69. The van der Waals surface area contributed by atoms with Crippen LogP contribution in [0, 0.1) is 11.8 Å². The molecule has 0 heteroatoms. The Labute approximate surface area is 193 Å². The highest BCUT2D eigenvalue weighted by Gasteiger charge is 2.36. The predicted molar refractivity (Wildman–Crippen MR) is 137 cm³/mol. The van der Waals surface area contributed by atoms with Crippen molar-refractivity contribution in [2.24, 2.45) is 11.8 Å². The Hall–Kier alpha value is -2.86. The first-order valence-electron chi connectivity index (χ1n) is 12.4. The van der Waals surface area contributed by atoms with Crippen LogP contribution in [0.1, 0.15) is 67.2 Å². The van der Waals surface area contributed by atoms with Crippen molar-refractivity contribution in [3.63, 3.8) is 0 Å². The van der Waals surface area contributed by atoms with Gasteiger partial charge in [-0.25, -0.2) is 0 Å².